The molecule has 1 unspecified atom stereocenters. The lowest BCUT2D eigenvalue weighted by Gasteiger charge is -2.24. The molecule has 2 aromatic carbocycles. The molecule has 0 fully saturated rings. The molecule has 0 aromatic heterocycles. The van der Waals surface area contributed by atoms with Gasteiger partial charge in [-0.15, -0.1) is 0 Å². The van der Waals surface area contributed by atoms with E-state index in [4.69, 9.17) is 0 Å². The first-order valence-electron chi connectivity index (χ1n) is 7.45. The van der Waals surface area contributed by atoms with E-state index in [0.29, 0.717) is 5.56 Å². The van der Waals surface area contributed by atoms with E-state index in [0.717, 1.165) is 4.47 Å². The van der Waals surface area contributed by atoms with Gasteiger partial charge in [-0.1, -0.05) is 58.4 Å². The third-order valence-electron chi connectivity index (χ3n) is 3.87. The first-order valence-corrected chi connectivity index (χ1v) is 11.6. The smallest absolute Gasteiger partial charge is 0.324 e. The number of rotatable bonds is 7. The van der Waals surface area contributed by atoms with E-state index in [1.807, 2.05) is 0 Å². The Hall–Kier alpha value is -1.11. The highest BCUT2D eigenvalue weighted by Crippen LogP contribution is 2.62. The SMILES string of the molecule is O=C(c1ccc(Br)cc1)C(CC(P(=O)(O)O)P(=O)(O)O)c1ccccc1. The van der Waals surface area contributed by atoms with Crippen molar-refractivity contribution >= 4 is 36.9 Å². The van der Waals surface area contributed by atoms with Gasteiger partial charge in [-0.3, -0.25) is 13.9 Å². The van der Waals surface area contributed by atoms with Crippen molar-refractivity contribution in [3.8, 4) is 0 Å². The third-order valence-corrected chi connectivity index (χ3v) is 8.18. The van der Waals surface area contributed by atoms with Crippen LogP contribution in [0.2, 0.25) is 0 Å². The number of Topliss-reactive ketones (excluding diaryl/α,β-unsaturated/α-hetero) is 1. The fraction of sp³-hybridized carbons (Fsp3) is 0.188. The van der Waals surface area contributed by atoms with E-state index in [2.05, 4.69) is 15.9 Å². The Morgan fingerprint density at radius 1 is 0.885 bits per heavy atom. The van der Waals surface area contributed by atoms with Crippen molar-refractivity contribution in [1.82, 2.24) is 0 Å². The molecule has 10 heteroatoms. The molecule has 2 aromatic rings. The van der Waals surface area contributed by atoms with Crippen molar-refractivity contribution < 1.29 is 33.5 Å². The predicted octanol–water partition coefficient (Wildman–Crippen LogP) is 3.49. The monoisotopic (exact) mass is 462 g/mol. The average molecular weight is 463 g/mol. The third kappa shape index (κ3) is 5.44. The molecule has 0 aliphatic rings. The maximum absolute atomic E-state index is 12.9. The van der Waals surface area contributed by atoms with Crippen LogP contribution in [0, 0.1) is 0 Å². The largest absolute Gasteiger partial charge is 0.340 e. The van der Waals surface area contributed by atoms with Gasteiger partial charge < -0.3 is 19.6 Å². The molecular formula is C16H17BrO7P2. The van der Waals surface area contributed by atoms with Crippen LogP contribution in [0.25, 0.3) is 0 Å². The number of hydrogen-bond donors (Lipinski definition) is 4. The molecule has 0 saturated carbocycles. The van der Waals surface area contributed by atoms with E-state index in [-0.39, 0.29) is 5.56 Å². The van der Waals surface area contributed by atoms with Crippen molar-refractivity contribution in [3.05, 3.63) is 70.2 Å². The van der Waals surface area contributed by atoms with Crippen molar-refractivity contribution in [2.75, 3.05) is 0 Å². The first-order chi connectivity index (χ1) is 12.0. The molecule has 0 aliphatic carbocycles. The second kappa shape index (κ2) is 8.28. The standard InChI is InChI=1S/C16H17BrO7P2/c17-13-8-6-12(7-9-13)16(18)14(11-4-2-1-3-5-11)10-15(25(19,20)21)26(22,23)24/h1-9,14-15H,10H2,(H2,19,20,21)(H2,22,23,24). The maximum Gasteiger partial charge on any atom is 0.340 e. The van der Waals surface area contributed by atoms with Gasteiger partial charge in [-0.2, -0.15) is 0 Å². The highest BCUT2D eigenvalue weighted by molar-refractivity contribution is 9.10. The van der Waals surface area contributed by atoms with Crippen LogP contribution in [0.1, 0.15) is 28.3 Å². The Balaban J connectivity index is 2.48. The first kappa shape index (κ1) is 21.2. The molecule has 0 spiro atoms. The van der Waals surface area contributed by atoms with Crippen LogP contribution in [-0.2, 0) is 9.13 Å². The molecule has 0 aliphatic heterocycles. The number of carbonyl (C=O) groups is 1. The Morgan fingerprint density at radius 3 is 1.85 bits per heavy atom. The summed E-state index contributed by atoms with van der Waals surface area (Å²) in [5.74, 6) is -1.58. The molecule has 1 atom stereocenters. The normalized spacial score (nSPS) is 13.6. The summed E-state index contributed by atoms with van der Waals surface area (Å²) >= 11 is 3.25. The molecule has 4 N–H and O–H groups in total. The van der Waals surface area contributed by atoms with E-state index in [1.54, 1.807) is 42.5 Å². The van der Waals surface area contributed by atoms with Crippen LogP contribution in [0.15, 0.2) is 59.1 Å². The van der Waals surface area contributed by atoms with Gasteiger partial charge in [-0.25, -0.2) is 0 Å². The van der Waals surface area contributed by atoms with Crippen molar-refractivity contribution in [2.45, 2.75) is 17.7 Å². The molecule has 0 saturated heterocycles. The van der Waals surface area contributed by atoms with E-state index >= 15 is 0 Å². The predicted molar refractivity (Wildman–Crippen MR) is 100 cm³/mol. The number of halogens is 1. The zero-order valence-electron chi connectivity index (χ0n) is 13.3. The molecule has 26 heavy (non-hydrogen) atoms. The fourth-order valence-corrected chi connectivity index (χ4v) is 5.38. The highest BCUT2D eigenvalue weighted by atomic mass is 79.9. The second-order valence-electron chi connectivity index (χ2n) is 5.73. The molecule has 0 amide bonds. The summed E-state index contributed by atoms with van der Waals surface area (Å²) in [6.07, 6.45) is -0.673. The van der Waals surface area contributed by atoms with Gasteiger partial charge in [0.1, 0.15) is 0 Å². The number of carbonyl (C=O) groups excluding carboxylic acids is 1. The zero-order valence-corrected chi connectivity index (χ0v) is 16.7. The Kier molecular flexibility index (Phi) is 6.75. The summed E-state index contributed by atoms with van der Waals surface area (Å²) in [4.78, 5) is 50.5. The molecule has 2 rings (SSSR count). The molecule has 7 nitrogen and oxygen atoms in total. The van der Waals surface area contributed by atoms with Gasteiger partial charge in [0, 0.05) is 16.0 Å². The van der Waals surface area contributed by atoms with Crippen LogP contribution in [0.3, 0.4) is 0 Å². The number of hydrogen-bond acceptors (Lipinski definition) is 3. The van der Waals surface area contributed by atoms with Crippen molar-refractivity contribution in [3.63, 3.8) is 0 Å². The van der Waals surface area contributed by atoms with Crippen molar-refractivity contribution in [1.29, 1.82) is 0 Å². The zero-order chi connectivity index (χ0) is 19.5. The summed E-state index contributed by atoms with van der Waals surface area (Å²) in [7, 11) is -10.3. The van der Waals surface area contributed by atoms with Gasteiger partial charge in [0.2, 0.25) is 0 Å². The molecule has 0 radical (unpaired) electrons. The Morgan fingerprint density at radius 2 is 1.38 bits per heavy atom. The van der Waals surface area contributed by atoms with Crippen molar-refractivity contribution in [2.24, 2.45) is 0 Å². The van der Waals surface area contributed by atoms with Gasteiger partial charge in [-0.05, 0) is 24.1 Å². The maximum atomic E-state index is 12.9. The molecule has 140 valence electrons. The Bertz CT molecular complexity index is 836. The van der Waals surface area contributed by atoms with Crippen LogP contribution in [0.4, 0.5) is 0 Å². The van der Waals surface area contributed by atoms with E-state index < -0.39 is 38.7 Å². The molecule has 0 heterocycles. The van der Waals surface area contributed by atoms with Gasteiger partial charge in [0.25, 0.3) is 0 Å². The lowest BCUT2D eigenvalue weighted by Crippen LogP contribution is -2.20. The van der Waals surface area contributed by atoms with Gasteiger partial charge >= 0.3 is 15.2 Å². The lowest BCUT2D eigenvalue weighted by atomic mass is 9.88. The minimum Gasteiger partial charge on any atom is -0.324 e. The average Bonchev–Trinajstić information content (AvgIpc) is 2.54. The fourth-order valence-electron chi connectivity index (χ4n) is 2.58. The summed E-state index contributed by atoms with van der Waals surface area (Å²) in [6.45, 7) is 0. The summed E-state index contributed by atoms with van der Waals surface area (Å²) in [6, 6.07) is 14.5. The van der Waals surface area contributed by atoms with Crippen LogP contribution in [0.5, 0.6) is 0 Å². The summed E-state index contributed by atoms with van der Waals surface area (Å²) in [5.41, 5.74) is 0.699. The van der Waals surface area contributed by atoms with E-state index in [9.17, 15) is 33.5 Å². The van der Waals surface area contributed by atoms with Crippen LogP contribution >= 0.6 is 31.1 Å². The molecular weight excluding hydrogens is 446 g/mol. The van der Waals surface area contributed by atoms with Crippen LogP contribution < -0.4 is 0 Å². The Labute approximate surface area is 158 Å². The minimum atomic E-state index is -5.13. The minimum absolute atomic E-state index is 0.275. The molecule has 0 bridgehead atoms. The van der Waals surface area contributed by atoms with E-state index in [1.165, 1.54) is 12.1 Å². The van der Waals surface area contributed by atoms with Gasteiger partial charge in [0.05, 0.1) is 0 Å². The second-order valence-corrected chi connectivity index (χ2v) is 10.7. The quantitative estimate of drug-likeness (QED) is 0.365. The lowest BCUT2D eigenvalue weighted by molar-refractivity contribution is 0.0956. The van der Waals surface area contributed by atoms with Gasteiger partial charge in [0.15, 0.2) is 11.2 Å². The number of benzene rings is 2. The topological polar surface area (TPSA) is 132 Å². The highest BCUT2D eigenvalue weighted by Gasteiger charge is 2.45. The summed E-state index contributed by atoms with van der Waals surface area (Å²) < 4.78 is 24.0. The summed E-state index contributed by atoms with van der Waals surface area (Å²) in [5, 5.41) is -2.25. The van der Waals surface area contributed by atoms with Crippen LogP contribution in [-0.4, -0.2) is 30.8 Å². The number of ketones is 1.